The number of likely N-dealkylation sites (tertiary alicyclic amines) is 1. The summed E-state index contributed by atoms with van der Waals surface area (Å²) in [6.45, 7) is 4.96. The topological polar surface area (TPSA) is 67.2 Å². The largest absolute Gasteiger partial charge is 0.374 e. The number of nitrogens with zero attached hydrogens (tertiary/aromatic N) is 3. The van der Waals surface area contributed by atoms with E-state index in [1.54, 1.807) is 19.2 Å². The van der Waals surface area contributed by atoms with Crippen LogP contribution in [0.4, 0.5) is 5.69 Å². The van der Waals surface area contributed by atoms with Crippen molar-refractivity contribution in [2.45, 2.75) is 25.8 Å². The Kier molecular flexibility index (Phi) is 5.58. The van der Waals surface area contributed by atoms with E-state index >= 15 is 0 Å². The first-order chi connectivity index (χ1) is 14.8. The number of benzene rings is 2. The maximum Gasteiger partial charge on any atom is 0.260 e. The van der Waals surface area contributed by atoms with Gasteiger partial charge in [-0.25, -0.2) is 4.98 Å². The van der Waals surface area contributed by atoms with Gasteiger partial charge in [0.25, 0.3) is 5.56 Å². The Hall–Kier alpha value is -3.12. The van der Waals surface area contributed by atoms with Gasteiger partial charge in [-0.05, 0) is 61.7 Å². The van der Waals surface area contributed by atoms with Crippen molar-refractivity contribution in [2.75, 3.05) is 18.4 Å². The molecule has 1 saturated heterocycles. The minimum Gasteiger partial charge on any atom is -0.374 e. The summed E-state index contributed by atoms with van der Waals surface area (Å²) in [6, 6.07) is 11.5. The van der Waals surface area contributed by atoms with E-state index < -0.39 is 5.54 Å². The van der Waals surface area contributed by atoms with Gasteiger partial charge in [-0.3, -0.25) is 9.59 Å². The number of fused-ring (bicyclic) bond motifs is 1. The highest BCUT2D eigenvalue weighted by Gasteiger charge is 2.42. The smallest absolute Gasteiger partial charge is 0.260 e. The fourth-order valence-electron chi connectivity index (χ4n) is 4.33. The van der Waals surface area contributed by atoms with Crippen LogP contribution in [0.3, 0.4) is 0 Å². The molecule has 1 unspecified atom stereocenters. The molecular formula is C24H25ClN4O2. The quantitative estimate of drug-likeness (QED) is 0.627. The molecule has 2 aromatic carbocycles. The summed E-state index contributed by atoms with van der Waals surface area (Å²) in [6.07, 6.45) is 5.59. The second-order valence-corrected chi connectivity index (χ2v) is 8.43. The molecule has 1 amide bonds. The third-order valence-corrected chi connectivity index (χ3v) is 6.38. The summed E-state index contributed by atoms with van der Waals surface area (Å²) in [7, 11) is 1.69. The summed E-state index contributed by atoms with van der Waals surface area (Å²) in [5, 5.41) is 4.89. The van der Waals surface area contributed by atoms with Crippen molar-refractivity contribution in [3.63, 3.8) is 0 Å². The highest BCUT2D eigenvalue weighted by Crippen LogP contribution is 2.39. The van der Waals surface area contributed by atoms with Crippen LogP contribution in [0.5, 0.6) is 0 Å². The highest BCUT2D eigenvalue weighted by atomic mass is 35.5. The van der Waals surface area contributed by atoms with Crippen LogP contribution in [0.25, 0.3) is 10.9 Å². The molecule has 3 aromatic rings. The molecule has 0 saturated carbocycles. The monoisotopic (exact) mass is 436 g/mol. The SMILES string of the molecule is C/C=C/C(=O)N1CCC(Nc2ccc3ncn(C)c(=O)c3c2)(c2cccc(Cl)c2C)C1. The Morgan fingerprint density at radius 1 is 1.29 bits per heavy atom. The molecule has 31 heavy (non-hydrogen) atoms. The Morgan fingerprint density at radius 3 is 2.87 bits per heavy atom. The molecule has 6 nitrogen and oxygen atoms in total. The van der Waals surface area contributed by atoms with Crippen LogP contribution in [-0.2, 0) is 17.4 Å². The number of allylic oxidation sites excluding steroid dienone is 1. The first-order valence-electron chi connectivity index (χ1n) is 10.3. The lowest BCUT2D eigenvalue weighted by Gasteiger charge is -2.34. The van der Waals surface area contributed by atoms with Gasteiger partial charge in [-0.2, -0.15) is 0 Å². The van der Waals surface area contributed by atoms with Gasteiger partial charge in [0.1, 0.15) is 0 Å². The molecule has 0 aliphatic carbocycles. The number of aromatic nitrogens is 2. The first kappa shape index (κ1) is 21.1. The summed E-state index contributed by atoms with van der Waals surface area (Å²) >= 11 is 6.45. The highest BCUT2D eigenvalue weighted by molar-refractivity contribution is 6.31. The normalized spacial score (nSPS) is 18.8. The molecule has 1 aliphatic rings. The molecule has 1 aromatic heterocycles. The second-order valence-electron chi connectivity index (χ2n) is 8.02. The van der Waals surface area contributed by atoms with Gasteiger partial charge < -0.3 is 14.8 Å². The average molecular weight is 437 g/mol. The molecule has 0 spiro atoms. The minimum absolute atomic E-state index is 0.0116. The standard InChI is InChI=1S/C24H25ClN4O2/c1-4-6-22(30)29-12-11-24(14-29,19-7-5-8-20(25)16(19)2)27-17-9-10-21-18(13-17)23(31)28(3)15-26-21/h4-10,13,15,27H,11-12,14H2,1-3H3/b6-4+. The van der Waals surface area contributed by atoms with E-state index in [0.717, 1.165) is 23.2 Å². The lowest BCUT2D eigenvalue weighted by Crippen LogP contribution is -2.40. The molecule has 1 aliphatic heterocycles. The van der Waals surface area contributed by atoms with Gasteiger partial charge in [0.05, 0.1) is 22.8 Å². The first-order valence-corrected chi connectivity index (χ1v) is 10.6. The van der Waals surface area contributed by atoms with Crippen molar-refractivity contribution in [1.29, 1.82) is 0 Å². The Morgan fingerprint density at radius 2 is 2.10 bits per heavy atom. The van der Waals surface area contributed by atoms with Crippen LogP contribution >= 0.6 is 11.6 Å². The fraction of sp³-hybridized carbons (Fsp3) is 0.292. The van der Waals surface area contributed by atoms with Crippen LogP contribution in [0.15, 0.2) is 59.7 Å². The van der Waals surface area contributed by atoms with E-state index in [0.29, 0.717) is 29.0 Å². The van der Waals surface area contributed by atoms with Gasteiger partial charge in [0, 0.05) is 30.8 Å². The molecular weight excluding hydrogens is 412 g/mol. The third kappa shape index (κ3) is 3.83. The van der Waals surface area contributed by atoms with Gasteiger partial charge in [-0.15, -0.1) is 0 Å². The number of hydrogen-bond acceptors (Lipinski definition) is 4. The van der Waals surface area contributed by atoms with Crippen LogP contribution in [0.1, 0.15) is 24.5 Å². The summed E-state index contributed by atoms with van der Waals surface area (Å²) < 4.78 is 1.47. The van der Waals surface area contributed by atoms with Crippen molar-refractivity contribution in [2.24, 2.45) is 7.05 Å². The molecule has 4 rings (SSSR count). The number of hydrogen-bond donors (Lipinski definition) is 1. The number of halogens is 1. The lowest BCUT2D eigenvalue weighted by molar-refractivity contribution is -0.125. The molecule has 1 fully saturated rings. The number of aryl methyl sites for hydroxylation is 1. The Bertz CT molecular complexity index is 1250. The van der Waals surface area contributed by atoms with Crippen LogP contribution in [0, 0.1) is 6.92 Å². The van der Waals surface area contributed by atoms with Crippen molar-refractivity contribution in [3.05, 3.63) is 81.4 Å². The summed E-state index contributed by atoms with van der Waals surface area (Å²) in [4.78, 5) is 31.3. The number of amides is 1. The predicted octanol–water partition coefficient (Wildman–Crippen LogP) is 4.01. The van der Waals surface area contributed by atoms with Crippen LogP contribution in [-0.4, -0.2) is 33.4 Å². The molecule has 1 atom stereocenters. The van der Waals surface area contributed by atoms with Gasteiger partial charge in [0.2, 0.25) is 5.91 Å². The number of anilines is 1. The molecule has 160 valence electrons. The van der Waals surface area contributed by atoms with Gasteiger partial charge >= 0.3 is 0 Å². The molecule has 0 bridgehead atoms. The zero-order valence-corrected chi connectivity index (χ0v) is 18.6. The molecule has 1 N–H and O–H groups in total. The molecule has 2 heterocycles. The number of carbonyl (C=O) groups excluding carboxylic acids is 1. The third-order valence-electron chi connectivity index (χ3n) is 5.97. The minimum atomic E-state index is -0.520. The zero-order valence-electron chi connectivity index (χ0n) is 17.9. The van der Waals surface area contributed by atoms with E-state index in [-0.39, 0.29) is 11.5 Å². The molecule has 7 heteroatoms. The van der Waals surface area contributed by atoms with Crippen molar-refractivity contribution < 1.29 is 4.79 Å². The number of rotatable bonds is 4. The maximum atomic E-state index is 12.6. The summed E-state index contributed by atoms with van der Waals surface area (Å²) in [5.41, 5.74) is 2.87. The zero-order chi connectivity index (χ0) is 22.2. The fourth-order valence-corrected chi connectivity index (χ4v) is 4.50. The second kappa shape index (κ2) is 8.19. The van der Waals surface area contributed by atoms with Crippen LogP contribution < -0.4 is 10.9 Å². The van der Waals surface area contributed by atoms with Crippen molar-refractivity contribution in [3.8, 4) is 0 Å². The van der Waals surface area contributed by atoms with Crippen molar-refractivity contribution in [1.82, 2.24) is 14.5 Å². The number of nitrogens with one attached hydrogen (secondary N) is 1. The van der Waals surface area contributed by atoms with Crippen molar-refractivity contribution >= 4 is 34.1 Å². The lowest BCUT2D eigenvalue weighted by atomic mass is 9.85. The van der Waals surface area contributed by atoms with E-state index in [1.165, 1.54) is 10.9 Å². The Balaban J connectivity index is 1.80. The number of carbonyl (C=O) groups is 1. The van der Waals surface area contributed by atoms with E-state index in [1.807, 2.05) is 49.1 Å². The van der Waals surface area contributed by atoms with Gasteiger partial charge in [0.15, 0.2) is 0 Å². The predicted molar refractivity (Wildman–Crippen MR) is 124 cm³/mol. The van der Waals surface area contributed by atoms with Gasteiger partial charge in [-0.1, -0.05) is 29.8 Å². The summed E-state index contributed by atoms with van der Waals surface area (Å²) in [5.74, 6) is -0.0116. The molecule has 0 radical (unpaired) electrons. The van der Waals surface area contributed by atoms with E-state index in [9.17, 15) is 9.59 Å². The van der Waals surface area contributed by atoms with E-state index in [2.05, 4.69) is 16.4 Å². The Labute approximate surface area is 186 Å². The average Bonchev–Trinajstić information content (AvgIpc) is 3.18. The van der Waals surface area contributed by atoms with E-state index in [4.69, 9.17) is 11.6 Å². The van der Waals surface area contributed by atoms with Crippen LogP contribution in [0.2, 0.25) is 5.02 Å². The maximum absolute atomic E-state index is 12.6.